The Hall–Kier alpha value is -1.79. The lowest BCUT2D eigenvalue weighted by Crippen LogP contribution is -2.50. The molecule has 18 heavy (non-hydrogen) atoms. The van der Waals surface area contributed by atoms with Crippen molar-refractivity contribution in [3.63, 3.8) is 0 Å². The lowest BCUT2D eigenvalue weighted by Gasteiger charge is -2.33. The highest BCUT2D eigenvalue weighted by atomic mass is 16.4. The average molecular weight is 257 g/mol. The molecule has 0 unspecified atom stereocenters. The number of rotatable bonds is 4. The molecule has 1 aliphatic heterocycles. The van der Waals surface area contributed by atoms with Crippen LogP contribution in [0.5, 0.6) is 0 Å². The molecule has 0 bridgehead atoms. The SMILES string of the molecule is CC1CCN(C(=O)N(CC(N)=O)CC(=O)O)CC1. The van der Waals surface area contributed by atoms with Crippen molar-refractivity contribution in [1.82, 2.24) is 9.80 Å². The van der Waals surface area contributed by atoms with Gasteiger partial charge in [-0.25, -0.2) is 4.79 Å². The van der Waals surface area contributed by atoms with E-state index in [1.165, 1.54) is 0 Å². The van der Waals surface area contributed by atoms with Crippen LogP contribution in [0.15, 0.2) is 0 Å². The summed E-state index contributed by atoms with van der Waals surface area (Å²) in [5, 5.41) is 8.72. The van der Waals surface area contributed by atoms with E-state index in [0.29, 0.717) is 19.0 Å². The van der Waals surface area contributed by atoms with Gasteiger partial charge >= 0.3 is 12.0 Å². The number of aliphatic carboxylic acids is 1. The summed E-state index contributed by atoms with van der Waals surface area (Å²) in [5.74, 6) is -1.30. The van der Waals surface area contributed by atoms with Crippen LogP contribution >= 0.6 is 0 Å². The number of nitrogens with two attached hydrogens (primary N) is 1. The lowest BCUT2D eigenvalue weighted by molar-refractivity contribution is -0.138. The van der Waals surface area contributed by atoms with Crippen molar-refractivity contribution in [2.75, 3.05) is 26.2 Å². The molecule has 0 saturated carbocycles. The van der Waals surface area contributed by atoms with Gasteiger partial charge in [-0.3, -0.25) is 9.59 Å². The maximum atomic E-state index is 12.1. The number of likely N-dealkylation sites (tertiary alicyclic amines) is 1. The molecule has 0 aromatic rings. The third kappa shape index (κ3) is 4.23. The minimum absolute atomic E-state index is 0.364. The van der Waals surface area contributed by atoms with Gasteiger partial charge in [0.1, 0.15) is 13.1 Å². The smallest absolute Gasteiger partial charge is 0.323 e. The lowest BCUT2D eigenvalue weighted by atomic mass is 9.99. The predicted molar refractivity (Wildman–Crippen MR) is 63.8 cm³/mol. The van der Waals surface area contributed by atoms with Gasteiger partial charge in [0.2, 0.25) is 5.91 Å². The van der Waals surface area contributed by atoms with Crippen molar-refractivity contribution in [3.8, 4) is 0 Å². The van der Waals surface area contributed by atoms with Crippen molar-refractivity contribution in [2.24, 2.45) is 11.7 Å². The highest BCUT2D eigenvalue weighted by Gasteiger charge is 2.26. The summed E-state index contributed by atoms with van der Waals surface area (Å²) in [7, 11) is 0. The monoisotopic (exact) mass is 257 g/mol. The van der Waals surface area contributed by atoms with Gasteiger partial charge in [0.15, 0.2) is 0 Å². The molecule has 0 aromatic carbocycles. The van der Waals surface area contributed by atoms with Crippen molar-refractivity contribution >= 4 is 17.9 Å². The molecule has 1 fully saturated rings. The van der Waals surface area contributed by atoms with Gasteiger partial charge in [-0.15, -0.1) is 0 Å². The van der Waals surface area contributed by atoms with E-state index in [2.05, 4.69) is 6.92 Å². The fraction of sp³-hybridized carbons (Fsp3) is 0.727. The zero-order valence-electron chi connectivity index (χ0n) is 10.5. The predicted octanol–water partition coefficient (Wildman–Crippen LogP) is -0.290. The molecule has 1 saturated heterocycles. The number of carbonyl (C=O) groups is 3. The third-order valence-corrected chi connectivity index (χ3v) is 3.00. The highest BCUT2D eigenvalue weighted by Crippen LogP contribution is 2.17. The zero-order chi connectivity index (χ0) is 13.7. The van der Waals surface area contributed by atoms with Crippen LogP contribution in [0.2, 0.25) is 0 Å². The van der Waals surface area contributed by atoms with Crippen molar-refractivity contribution in [3.05, 3.63) is 0 Å². The molecule has 0 aromatic heterocycles. The van der Waals surface area contributed by atoms with Crippen LogP contribution in [0, 0.1) is 5.92 Å². The summed E-state index contributed by atoms with van der Waals surface area (Å²) in [6.45, 7) is 2.43. The molecule has 1 aliphatic rings. The Morgan fingerprint density at radius 2 is 1.83 bits per heavy atom. The van der Waals surface area contributed by atoms with E-state index in [-0.39, 0.29) is 6.54 Å². The van der Waals surface area contributed by atoms with Gasteiger partial charge in [-0.1, -0.05) is 6.92 Å². The number of urea groups is 1. The standard InChI is InChI=1S/C11H19N3O4/c1-8-2-4-13(5-3-8)11(18)14(6-9(12)15)7-10(16)17/h8H,2-7H2,1H3,(H2,12,15)(H,16,17). The fourth-order valence-corrected chi connectivity index (χ4v) is 1.94. The summed E-state index contributed by atoms with van der Waals surface area (Å²) in [6.07, 6.45) is 1.78. The van der Waals surface area contributed by atoms with Crippen molar-refractivity contribution < 1.29 is 19.5 Å². The number of hydrogen-bond acceptors (Lipinski definition) is 3. The second-order valence-electron chi connectivity index (χ2n) is 4.67. The Morgan fingerprint density at radius 3 is 2.28 bits per heavy atom. The number of amides is 3. The second-order valence-corrected chi connectivity index (χ2v) is 4.67. The normalized spacial score (nSPS) is 16.4. The largest absolute Gasteiger partial charge is 0.480 e. The summed E-state index contributed by atoms with van der Waals surface area (Å²) < 4.78 is 0. The summed E-state index contributed by atoms with van der Waals surface area (Å²) in [6, 6.07) is -0.428. The first-order valence-corrected chi connectivity index (χ1v) is 5.94. The summed E-state index contributed by atoms with van der Waals surface area (Å²) >= 11 is 0. The molecular weight excluding hydrogens is 238 g/mol. The number of primary amides is 1. The Labute approximate surface area is 106 Å². The first-order valence-electron chi connectivity index (χ1n) is 5.94. The van der Waals surface area contributed by atoms with E-state index in [1.54, 1.807) is 4.90 Å². The Morgan fingerprint density at radius 1 is 1.28 bits per heavy atom. The van der Waals surface area contributed by atoms with E-state index >= 15 is 0 Å². The van der Waals surface area contributed by atoms with Gasteiger partial charge in [0, 0.05) is 13.1 Å². The van der Waals surface area contributed by atoms with Gasteiger partial charge < -0.3 is 20.6 Å². The molecule has 7 heteroatoms. The first-order chi connectivity index (χ1) is 8.40. The molecule has 3 N–H and O–H groups in total. The fourth-order valence-electron chi connectivity index (χ4n) is 1.94. The van der Waals surface area contributed by atoms with Crippen LogP contribution in [0.3, 0.4) is 0 Å². The summed E-state index contributed by atoms with van der Waals surface area (Å²) in [4.78, 5) is 36.1. The van der Waals surface area contributed by atoms with Crippen LogP contribution in [-0.4, -0.2) is 59.0 Å². The molecule has 0 atom stereocenters. The summed E-state index contributed by atoms with van der Waals surface area (Å²) in [5.41, 5.74) is 5.01. The Balaban J connectivity index is 2.63. The minimum atomic E-state index is -1.16. The molecular formula is C11H19N3O4. The second kappa shape index (κ2) is 6.23. The van der Waals surface area contributed by atoms with Crippen molar-refractivity contribution in [2.45, 2.75) is 19.8 Å². The molecule has 3 amide bonds. The topological polar surface area (TPSA) is 104 Å². The molecule has 7 nitrogen and oxygen atoms in total. The Kier molecular flexibility index (Phi) is 4.94. The molecule has 1 heterocycles. The number of piperidine rings is 1. The number of carbonyl (C=O) groups excluding carboxylic acids is 2. The molecule has 0 aliphatic carbocycles. The molecule has 0 radical (unpaired) electrons. The van der Waals surface area contributed by atoms with E-state index in [1.807, 2.05) is 0 Å². The quantitative estimate of drug-likeness (QED) is 0.722. The average Bonchev–Trinajstić information content (AvgIpc) is 2.27. The van der Waals surface area contributed by atoms with Crippen LogP contribution in [0.4, 0.5) is 4.79 Å². The van der Waals surface area contributed by atoms with Gasteiger partial charge in [0.05, 0.1) is 0 Å². The number of carboxylic acid groups (broad SMARTS) is 1. The maximum absolute atomic E-state index is 12.1. The molecule has 1 rings (SSSR count). The van der Waals surface area contributed by atoms with Crippen molar-refractivity contribution in [1.29, 1.82) is 0 Å². The third-order valence-electron chi connectivity index (χ3n) is 3.00. The van der Waals surface area contributed by atoms with Gasteiger partial charge in [-0.2, -0.15) is 0 Å². The number of nitrogens with zero attached hydrogens (tertiary/aromatic N) is 2. The van der Waals surface area contributed by atoms with E-state index in [0.717, 1.165) is 17.7 Å². The van der Waals surface area contributed by atoms with E-state index < -0.39 is 24.5 Å². The highest BCUT2D eigenvalue weighted by molar-refractivity contribution is 5.86. The number of carboxylic acids is 1. The van der Waals surface area contributed by atoms with E-state index in [4.69, 9.17) is 10.8 Å². The minimum Gasteiger partial charge on any atom is -0.480 e. The van der Waals surface area contributed by atoms with Crippen LogP contribution < -0.4 is 5.73 Å². The van der Waals surface area contributed by atoms with E-state index in [9.17, 15) is 14.4 Å². The van der Waals surface area contributed by atoms with Gasteiger partial charge in [0.25, 0.3) is 0 Å². The molecule has 102 valence electrons. The maximum Gasteiger partial charge on any atom is 0.323 e. The molecule has 0 spiro atoms. The first kappa shape index (κ1) is 14.3. The Bertz CT molecular complexity index is 321. The zero-order valence-corrected chi connectivity index (χ0v) is 10.5. The number of hydrogen-bond donors (Lipinski definition) is 2. The van der Waals surface area contributed by atoms with Crippen LogP contribution in [-0.2, 0) is 9.59 Å². The van der Waals surface area contributed by atoms with Gasteiger partial charge in [-0.05, 0) is 18.8 Å². The van der Waals surface area contributed by atoms with Crippen LogP contribution in [0.25, 0.3) is 0 Å². The van der Waals surface area contributed by atoms with Crippen LogP contribution in [0.1, 0.15) is 19.8 Å².